The zero-order valence-electron chi connectivity index (χ0n) is 40.3. The molecular formula is C48H69N15O9. The zero-order chi connectivity index (χ0) is 52.6. The number of carbonyl (C=O) groups is 8. The Morgan fingerprint density at radius 3 is 1.81 bits per heavy atom. The fraction of sp³-hybridized carbons (Fsp3) is 0.458. The molecule has 7 atom stereocenters. The summed E-state index contributed by atoms with van der Waals surface area (Å²) in [5, 5.41) is 36.5. The number of amides is 7. The molecule has 390 valence electrons. The highest BCUT2D eigenvalue weighted by molar-refractivity contribution is 5.98. The number of hydrogen-bond acceptors (Lipinski definition) is 12. The van der Waals surface area contributed by atoms with Crippen LogP contribution in [0.1, 0.15) is 81.5 Å². The van der Waals surface area contributed by atoms with Gasteiger partial charge >= 0.3 is 5.97 Å². The molecule has 2 aromatic heterocycles. The first kappa shape index (κ1) is 56.7. The molecule has 0 aliphatic heterocycles. The van der Waals surface area contributed by atoms with Gasteiger partial charge in [0.2, 0.25) is 41.4 Å². The molecule has 0 aliphatic carbocycles. The SMILES string of the molecule is CCCC[C@H](N)C(=O)N[C@@H](CCC(=O)O)C(=O)N[C@@H](Cc1c[nH]cn1)C(=O)N[C@H](Cc1ccccc1)C(=O)N[C@@H](CCCNC(=N)N)C(=O)N[C@@H](Cc1c[nH]c2ccccc12)C(=O)N[C@@H](CCCN)C(N)=O. The van der Waals surface area contributed by atoms with Crippen LogP contribution < -0.4 is 60.2 Å². The van der Waals surface area contributed by atoms with Crippen LogP contribution in [0.2, 0.25) is 0 Å². The number of fused-ring (bicyclic) bond motifs is 1. The van der Waals surface area contributed by atoms with Crippen molar-refractivity contribution in [1.82, 2.24) is 52.2 Å². The minimum absolute atomic E-state index is 0.0567. The normalized spacial score (nSPS) is 14.0. The van der Waals surface area contributed by atoms with Crippen molar-refractivity contribution in [2.75, 3.05) is 13.1 Å². The number of aromatic nitrogens is 3. The number of benzene rings is 2. The van der Waals surface area contributed by atoms with E-state index in [1.165, 1.54) is 12.5 Å². The fourth-order valence-electron chi connectivity index (χ4n) is 7.75. The summed E-state index contributed by atoms with van der Waals surface area (Å²) in [6.45, 7) is 2.26. The molecule has 72 heavy (non-hydrogen) atoms. The summed E-state index contributed by atoms with van der Waals surface area (Å²) in [4.78, 5) is 119. The molecule has 0 bridgehead atoms. The van der Waals surface area contributed by atoms with Crippen molar-refractivity contribution in [2.45, 2.75) is 126 Å². The molecule has 0 spiro atoms. The van der Waals surface area contributed by atoms with E-state index in [-0.39, 0.29) is 64.0 Å². The van der Waals surface area contributed by atoms with Crippen LogP contribution >= 0.6 is 0 Å². The van der Waals surface area contributed by atoms with Crippen molar-refractivity contribution in [3.05, 3.63) is 90.1 Å². The largest absolute Gasteiger partial charge is 0.481 e. The molecule has 19 N–H and O–H groups in total. The lowest BCUT2D eigenvalue weighted by Gasteiger charge is -2.28. The first-order valence-corrected chi connectivity index (χ1v) is 23.9. The Hall–Kier alpha value is -7.86. The Morgan fingerprint density at radius 2 is 1.21 bits per heavy atom. The van der Waals surface area contributed by atoms with Gasteiger partial charge < -0.3 is 75.2 Å². The second-order valence-corrected chi connectivity index (χ2v) is 17.4. The maximum atomic E-state index is 14.6. The Morgan fingerprint density at radius 1 is 0.653 bits per heavy atom. The predicted molar refractivity (Wildman–Crippen MR) is 267 cm³/mol. The monoisotopic (exact) mass is 1000 g/mol. The van der Waals surface area contributed by atoms with E-state index in [4.69, 9.17) is 28.3 Å². The van der Waals surface area contributed by atoms with E-state index in [2.05, 4.69) is 52.2 Å². The van der Waals surface area contributed by atoms with Gasteiger partial charge in [-0.25, -0.2) is 4.98 Å². The maximum absolute atomic E-state index is 14.6. The number of aliphatic carboxylic acids is 1. The molecule has 0 fully saturated rings. The Balaban J connectivity index is 1.67. The van der Waals surface area contributed by atoms with Crippen LogP contribution in [0.5, 0.6) is 0 Å². The van der Waals surface area contributed by atoms with Crippen LogP contribution in [0.15, 0.2) is 73.3 Å². The van der Waals surface area contributed by atoms with E-state index in [9.17, 15) is 43.5 Å². The van der Waals surface area contributed by atoms with Crippen molar-refractivity contribution in [3.63, 3.8) is 0 Å². The topological polar surface area (TPSA) is 413 Å². The molecule has 4 aromatic rings. The van der Waals surface area contributed by atoms with Gasteiger partial charge in [-0.05, 0) is 62.3 Å². The predicted octanol–water partition coefficient (Wildman–Crippen LogP) is -1.30. The lowest BCUT2D eigenvalue weighted by Crippen LogP contribution is -2.60. The number of hydrogen-bond donors (Lipinski definition) is 15. The van der Waals surface area contributed by atoms with Crippen molar-refractivity contribution in [2.24, 2.45) is 22.9 Å². The standard InChI is InChI=1S/C48H69N15O9/c1-2-3-14-32(50)42(67)59-36(18-19-40(64)65)44(69)63-39(24-30-26-54-27-57-30)47(72)61-37(22-28-11-5-4-6-12-28)45(70)60-35(17-10-21-55-48(52)53)43(68)62-38(46(71)58-34(41(51)66)16-9-20-49)23-29-25-56-33-15-8-7-13-31(29)33/h4-8,11-13,15,25-27,32,34-39,56H,2-3,9-10,14,16-24,49-50H2,1H3,(H2,51,66)(H,54,57)(H,58,71)(H,59,67)(H,60,70)(H,61,72)(H,62,68)(H,63,69)(H,64,65)(H4,52,53,55)/t32-,34-,35-,36-,37+,38-,39-/m0/s1. The van der Waals surface area contributed by atoms with E-state index in [0.29, 0.717) is 36.1 Å². The molecule has 0 unspecified atom stereocenters. The number of carboxylic acid groups (broad SMARTS) is 1. The van der Waals surface area contributed by atoms with Gasteiger partial charge in [-0.2, -0.15) is 0 Å². The highest BCUT2D eigenvalue weighted by atomic mass is 16.4. The molecule has 0 radical (unpaired) electrons. The van der Waals surface area contributed by atoms with Crippen molar-refractivity contribution < 1.29 is 43.5 Å². The van der Waals surface area contributed by atoms with Gasteiger partial charge in [-0.3, -0.25) is 43.8 Å². The highest BCUT2D eigenvalue weighted by Crippen LogP contribution is 2.20. The Kier molecular flexibility index (Phi) is 23.1. The molecule has 7 amide bonds. The highest BCUT2D eigenvalue weighted by Gasteiger charge is 2.34. The van der Waals surface area contributed by atoms with E-state index in [1.807, 2.05) is 31.2 Å². The Bertz CT molecular complexity index is 2430. The lowest BCUT2D eigenvalue weighted by molar-refractivity contribution is -0.138. The number of nitrogens with one attached hydrogen (secondary N) is 10. The van der Waals surface area contributed by atoms with Crippen LogP contribution in [0.3, 0.4) is 0 Å². The van der Waals surface area contributed by atoms with E-state index < -0.39 is 96.0 Å². The second-order valence-electron chi connectivity index (χ2n) is 17.4. The number of H-pyrrole nitrogens is 2. The summed E-state index contributed by atoms with van der Waals surface area (Å²) in [6, 6.07) is 6.92. The van der Waals surface area contributed by atoms with Crippen LogP contribution in [0.25, 0.3) is 10.9 Å². The maximum Gasteiger partial charge on any atom is 0.303 e. The van der Waals surface area contributed by atoms with Crippen LogP contribution in [-0.4, -0.2) is 129 Å². The first-order valence-electron chi connectivity index (χ1n) is 23.9. The number of carbonyl (C=O) groups excluding carboxylic acids is 7. The molecule has 0 saturated carbocycles. The zero-order valence-corrected chi connectivity index (χ0v) is 40.3. The molecule has 2 heterocycles. The van der Waals surface area contributed by atoms with E-state index in [1.54, 1.807) is 36.5 Å². The van der Waals surface area contributed by atoms with Crippen molar-refractivity contribution in [1.29, 1.82) is 5.41 Å². The summed E-state index contributed by atoms with van der Waals surface area (Å²) in [5.74, 6) is -7.19. The van der Waals surface area contributed by atoms with E-state index in [0.717, 1.165) is 17.3 Å². The van der Waals surface area contributed by atoms with E-state index >= 15 is 0 Å². The quantitative estimate of drug-likeness (QED) is 0.0154. The molecule has 2 aromatic carbocycles. The van der Waals surface area contributed by atoms with Gasteiger partial charge in [0.15, 0.2) is 5.96 Å². The van der Waals surface area contributed by atoms with Crippen LogP contribution in [0.4, 0.5) is 0 Å². The summed E-state index contributed by atoms with van der Waals surface area (Å²) >= 11 is 0. The lowest BCUT2D eigenvalue weighted by atomic mass is 10.0. The third kappa shape index (κ3) is 18.8. The number of nitrogens with two attached hydrogens (primary N) is 4. The average molecular weight is 1000 g/mol. The molecule has 0 saturated heterocycles. The fourth-order valence-corrected chi connectivity index (χ4v) is 7.75. The third-order valence-corrected chi connectivity index (χ3v) is 11.7. The van der Waals surface area contributed by atoms with Crippen LogP contribution in [0, 0.1) is 5.41 Å². The van der Waals surface area contributed by atoms with Gasteiger partial charge in [0.25, 0.3) is 0 Å². The summed E-state index contributed by atoms with van der Waals surface area (Å²) < 4.78 is 0. The smallest absolute Gasteiger partial charge is 0.303 e. The van der Waals surface area contributed by atoms with Crippen molar-refractivity contribution in [3.8, 4) is 0 Å². The summed E-state index contributed by atoms with van der Waals surface area (Å²) in [7, 11) is 0. The summed E-state index contributed by atoms with van der Waals surface area (Å²) in [5.41, 5.74) is 25.2. The molecule has 24 nitrogen and oxygen atoms in total. The molecular weight excluding hydrogens is 931 g/mol. The number of unbranched alkanes of at least 4 members (excludes halogenated alkanes) is 1. The first-order chi connectivity index (χ1) is 34.5. The molecule has 24 heteroatoms. The molecule has 4 rings (SSSR count). The molecule has 0 aliphatic rings. The minimum atomic E-state index is -1.44. The van der Waals surface area contributed by atoms with Crippen LogP contribution in [-0.2, 0) is 57.6 Å². The van der Waals surface area contributed by atoms with Gasteiger partial charge in [0.1, 0.15) is 36.3 Å². The Labute approximate surface area is 416 Å². The number of rotatable bonds is 32. The number of nitrogens with zero attached hydrogens (tertiary/aromatic N) is 1. The minimum Gasteiger partial charge on any atom is -0.481 e. The number of carboxylic acids is 1. The number of para-hydroxylation sites is 1. The van der Waals surface area contributed by atoms with Gasteiger partial charge in [-0.15, -0.1) is 0 Å². The third-order valence-electron chi connectivity index (χ3n) is 11.7. The number of guanidine groups is 1. The number of imidazole rings is 1. The van der Waals surface area contributed by atoms with Crippen molar-refractivity contribution >= 4 is 64.2 Å². The summed E-state index contributed by atoms with van der Waals surface area (Å²) in [6.07, 6.45) is 5.64. The average Bonchev–Trinajstić information content (AvgIpc) is 4.03. The number of primary amides is 1. The van der Waals surface area contributed by atoms with Gasteiger partial charge in [0, 0.05) is 55.5 Å². The second kappa shape index (κ2) is 29.4. The van der Waals surface area contributed by atoms with Gasteiger partial charge in [-0.1, -0.05) is 68.3 Å². The van der Waals surface area contributed by atoms with Gasteiger partial charge in [0.05, 0.1) is 18.1 Å². The number of aromatic amines is 2.